The van der Waals surface area contributed by atoms with E-state index in [4.69, 9.17) is 10.5 Å². The number of nitrogens with two attached hydrogens (primary N) is 1. The Morgan fingerprint density at radius 3 is 2.67 bits per heavy atom. The molecule has 2 N–H and O–H groups in total. The minimum Gasteiger partial charge on any atom is -0.465 e. The fraction of sp³-hybridized carbons (Fsp3) is 0.250. The van der Waals surface area contributed by atoms with Crippen LogP contribution in [0.25, 0.3) is 17.1 Å². The van der Waals surface area contributed by atoms with Crippen LogP contribution in [-0.2, 0) is 20.9 Å². The Balaban J connectivity index is 1.99. The number of esters is 1. The summed E-state index contributed by atoms with van der Waals surface area (Å²) in [6.07, 6.45) is 3.27. The number of nitrogen functional groups attached to an aromatic ring is 1. The number of anilines is 1. The number of hydrogen-bond donors (Lipinski definition) is 1. The van der Waals surface area contributed by atoms with Crippen molar-refractivity contribution in [1.82, 2.24) is 24.5 Å². The number of allylic oxidation sites excluding steroid dienone is 1. The summed E-state index contributed by atoms with van der Waals surface area (Å²) in [4.78, 5) is 24.2. The lowest BCUT2D eigenvalue weighted by atomic mass is 10.3. The van der Waals surface area contributed by atoms with E-state index >= 15 is 0 Å². The van der Waals surface area contributed by atoms with E-state index in [1.807, 2.05) is 30.3 Å². The number of carbonyl (C=O) groups is 2. The predicted octanol–water partition coefficient (Wildman–Crippen LogP) is 2.51. The topological polar surface area (TPSA) is 118 Å². The van der Waals surface area contributed by atoms with Crippen LogP contribution >= 0.6 is 11.8 Å². The summed E-state index contributed by atoms with van der Waals surface area (Å²) < 4.78 is 8.34. The third-order valence-corrected chi connectivity index (χ3v) is 5.44. The molecule has 156 valence electrons. The monoisotopic (exact) mass is 426 g/mol. The van der Waals surface area contributed by atoms with E-state index in [1.165, 1.54) is 6.92 Å². The van der Waals surface area contributed by atoms with Crippen molar-refractivity contribution in [3.8, 4) is 17.1 Å². The van der Waals surface area contributed by atoms with Crippen LogP contribution in [0.3, 0.4) is 0 Å². The van der Waals surface area contributed by atoms with Crippen LogP contribution in [0.1, 0.15) is 13.8 Å². The highest BCUT2D eigenvalue weighted by atomic mass is 32.2. The number of Topliss-reactive ketones (excluding diaryl/α,β-unsaturated/α-hetero) is 1. The quantitative estimate of drug-likeness (QED) is 0.240. The Morgan fingerprint density at radius 1 is 1.30 bits per heavy atom. The van der Waals surface area contributed by atoms with Crippen molar-refractivity contribution in [1.29, 1.82) is 0 Å². The van der Waals surface area contributed by atoms with Gasteiger partial charge in [-0.1, -0.05) is 36.0 Å². The molecule has 1 aromatic carbocycles. The molecule has 3 rings (SSSR count). The molecule has 0 saturated carbocycles. The first-order chi connectivity index (χ1) is 14.5. The van der Waals surface area contributed by atoms with Crippen LogP contribution in [0, 0.1) is 0 Å². The predicted molar refractivity (Wildman–Crippen MR) is 114 cm³/mol. The van der Waals surface area contributed by atoms with E-state index < -0.39 is 11.2 Å². The number of ketones is 1. The number of ether oxygens (including phenoxy) is 1. The molecule has 0 saturated heterocycles. The zero-order chi connectivity index (χ0) is 21.7. The van der Waals surface area contributed by atoms with Gasteiger partial charge >= 0.3 is 5.97 Å². The van der Waals surface area contributed by atoms with Crippen LogP contribution in [0.5, 0.6) is 0 Å². The van der Waals surface area contributed by atoms with E-state index in [0.29, 0.717) is 28.9 Å². The molecule has 2 aromatic heterocycles. The first-order valence-electron chi connectivity index (χ1n) is 9.25. The molecule has 0 radical (unpaired) electrons. The Labute approximate surface area is 177 Å². The average molecular weight is 427 g/mol. The second-order valence-electron chi connectivity index (χ2n) is 6.26. The molecule has 10 heteroatoms. The Kier molecular flexibility index (Phi) is 6.68. The molecule has 0 aliphatic heterocycles. The molecule has 1 unspecified atom stereocenters. The van der Waals surface area contributed by atoms with Crippen LogP contribution in [0.4, 0.5) is 5.82 Å². The van der Waals surface area contributed by atoms with E-state index in [-0.39, 0.29) is 12.4 Å². The van der Waals surface area contributed by atoms with Gasteiger partial charge in [-0.3, -0.25) is 14.2 Å². The number of benzene rings is 1. The average Bonchev–Trinajstić information content (AvgIpc) is 3.30. The van der Waals surface area contributed by atoms with Gasteiger partial charge in [-0.05, 0) is 26.0 Å². The van der Waals surface area contributed by atoms with E-state index in [2.05, 4.69) is 21.9 Å². The van der Waals surface area contributed by atoms with Crippen LogP contribution < -0.4 is 5.73 Å². The maximum atomic E-state index is 12.2. The molecule has 3 aromatic rings. The molecular formula is C20H22N6O3S. The van der Waals surface area contributed by atoms with Crippen molar-refractivity contribution in [2.24, 2.45) is 0 Å². The lowest BCUT2D eigenvalue weighted by Crippen LogP contribution is -2.27. The highest BCUT2D eigenvalue weighted by Crippen LogP contribution is 2.31. The Morgan fingerprint density at radius 2 is 2.03 bits per heavy atom. The first-order valence-corrected chi connectivity index (χ1v) is 10.1. The van der Waals surface area contributed by atoms with E-state index in [1.54, 1.807) is 28.4 Å². The lowest BCUT2D eigenvalue weighted by molar-refractivity contribution is -0.144. The summed E-state index contributed by atoms with van der Waals surface area (Å²) >= 11 is 0.985. The van der Waals surface area contributed by atoms with Crippen molar-refractivity contribution in [2.45, 2.75) is 30.8 Å². The van der Waals surface area contributed by atoms with Crippen molar-refractivity contribution >= 4 is 29.3 Å². The fourth-order valence-corrected chi connectivity index (χ4v) is 3.71. The van der Waals surface area contributed by atoms with Gasteiger partial charge in [-0.2, -0.15) is 5.10 Å². The SMILES string of the molecule is C=CCn1c(SC(C(C)=O)C(=O)OCC)nnc1-c1cnn(-c2ccccc2)c1N. The fourth-order valence-electron chi connectivity index (χ4n) is 2.79. The second-order valence-corrected chi connectivity index (χ2v) is 7.33. The highest BCUT2D eigenvalue weighted by molar-refractivity contribution is 8.01. The third-order valence-electron chi connectivity index (χ3n) is 4.17. The molecule has 0 aliphatic carbocycles. The molecule has 30 heavy (non-hydrogen) atoms. The third kappa shape index (κ3) is 4.28. The van der Waals surface area contributed by atoms with Gasteiger partial charge in [0.25, 0.3) is 0 Å². The number of para-hydroxylation sites is 1. The summed E-state index contributed by atoms with van der Waals surface area (Å²) in [5.74, 6) is -0.0853. The summed E-state index contributed by atoms with van der Waals surface area (Å²) in [6.45, 7) is 7.33. The van der Waals surface area contributed by atoms with Crippen molar-refractivity contribution < 1.29 is 14.3 Å². The lowest BCUT2D eigenvalue weighted by Gasteiger charge is -2.13. The zero-order valence-electron chi connectivity index (χ0n) is 16.7. The summed E-state index contributed by atoms with van der Waals surface area (Å²) in [6, 6.07) is 9.47. The largest absolute Gasteiger partial charge is 0.465 e. The molecular weight excluding hydrogens is 404 g/mol. The Hall–Kier alpha value is -3.40. The normalized spacial score (nSPS) is 11.8. The molecule has 0 aliphatic rings. The van der Waals surface area contributed by atoms with Crippen LogP contribution in [0.15, 0.2) is 54.3 Å². The molecule has 1 atom stereocenters. The number of hydrogen-bond acceptors (Lipinski definition) is 8. The van der Waals surface area contributed by atoms with E-state index in [9.17, 15) is 9.59 Å². The maximum Gasteiger partial charge on any atom is 0.327 e. The van der Waals surface area contributed by atoms with Gasteiger partial charge in [0.05, 0.1) is 24.1 Å². The smallest absolute Gasteiger partial charge is 0.327 e. The van der Waals surface area contributed by atoms with Gasteiger partial charge in [0.1, 0.15) is 5.82 Å². The summed E-state index contributed by atoms with van der Waals surface area (Å²) in [7, 11) is 0. The number of nitrogens with zero attached hydrogens (tertiary/aromatic N) is 5. The van der Waals surface area contributed by atoms with Crippen molar-refractivity contribution in [2.75, 3.05) is 12.3 Å². The molecule has 2 heterocycles. The van der Waals surface area contributed by atoms with Gasteiger partial charge in [-0.25, -0.2) is 4.68 Å². The van der Waals surface area contributed by atoms with Gasteiger partial charge in [0.15, 0.2) is 22.0 Å². The van der Waals surface area contributed by atoms with Crippen LogP contribution in [0.2, 0.25) is 0 Å². The zero-order valence-corrected chi connectivity index (χ0v) is 17.5. The summed E-state index contributed by atoms with van der Waals surface area (Å²) in [5.41, 5.74) is 7.73. The van der Waals surface area contributed by atoms with E-state index in [0.717, 1.165) is 17.4 Å². The molecule has 0 bridgehead atoms. The van der Waals surface area contributed by atoms with Gasteiger partial charge < -0.3 is 10.5 Å². The van der Waals surface area contributed by atoms with Gasteiger partial charge in [0, 0.05) is 6.54 Å². The molecule has 0 spiro atoms. The number of rotatable bonds is 9. The highest BCUT2D eigenvalue weighted by Gasteiger charge is 2.29. The first kappa shape index (κ1) is 21.3. The minimum absolute atomic E-state index is 0.184. The van der Waals surface area contributed by atoms with Crippen LogP contribution in [-0.4, -0.2) is 48.2 Å². The standard InChI is InChI=1S/C20H22N6O3S/c1-4-11-25-18(15-12-22-26(17(15)21)14-9-7-6-8-10-14)23-24-20(25)30-16(13(3)27)19(28)29-5-2/h4,6-10,12,16H,1,5,11,21H2,2-3H3. The summed E-state index contributed by atoms with van der Waals surface area (Å²) in [5, 5.41) is 12.1. The number of aromatic nitrogens is 5. The molecule has 0 amide bonds. The number of carbonyl (C=O) groups excluding carboxylic acids is 2. The van der Waals surface area contributed by atoms with Gasteiger partial charge in [0.2, 0.25) is 0 Å². The minimum atomic E-state index is -1.03. The molecule has 9 nitrogen and oxygen atoms in total. The Bertz CT molecular complexity index is 1060. The second kappa shape index (κ2) is 9.40. The maximum absolute atomic E-state index is 12.2. The molecule has 0 fully saturated rings. The van der Waals surface area contributed by atoms with Gasteiger partial charge in [-0.15, -0.1) is 16.8 Å². The van der Waals surface area contributed by atoms with Crippen molar-refractivity contribution in [3.05, 3.63) is 49.2 Å². The number of thioether (sulfide) groups is 1. The van der Waals surface area contributed by atoms with Crippen molar-refractivity contribution in [3.63, 3.8) is 0 Å².